The number of halogens is 2. The predicted molar refractivity (Wildman–Crippen MR) is 68.2 cm³/mol. The molecule has 3 heteroatoms. The maximum absolute atomic E-state index is 9.57. The van der Waals surface area contributed by atoms with E-state index < -0.39 is 0 Å². The van der Waals surface area contributed by atoms with E-state index in [0.29, 0.717) is 10.0 Å². The number of hydrogen-bond donors (Lipinski definition) is 1. The highest BCUT2D eigenvalue weighted by molar-refractivity contribution is 6.36. The Bertz CT molecular complexity index is 350. The zero-order chi connectivity index (χ0) is 11.6. The monoisotopic (exact) mass is 258 g/mol. The van der Waals surface area contributed by atoms with Crippen molar-refractivity contribution in [3.05, 3.63) is 33.8 Å². The molecule has 2 rings (SSSR count). The molecule has 0 aromatic heterocycles. The van der Waals surface area contributed by atoms with Crippen molar-refractivity contribution in [1.29, 1.82) is 0 Å². The van der Waals surface area contributed by atoms with E-state index >= 15 is 0 Å². The minimum atomic E-state index is 0.00856. The van der Waals surface area contributed by atoms with Gasteiger partial charge in [-0.3, -0.25) is 0 Å². The van der Waals surface area contributed by atoms with Crippen LogP contribution < -0.4 is 0 Å². The Morgan fingerprint density at radius 3 is 2.19 bits per heavy atom. The Balaban J connectivity index is 2.25. The van der Waals surface area contributed by atoms with E-state index in [-0.39, 0.29) is 12.0 Å². The van der Waals surface area contributed by atoms with Gasteiger partial charge in [0.2, 0.25) is 0 Å². The van der Waals surface area contributed by atoms with Gasteiger partial charge in [0.05, 0.1) is 0 Å². The van der Waals surface area contributed by atoms with E-state index in [9.17, 15) is 5.11 Å². The summed E-state index contributed by atoms with van der Waals surface area (Å²) in [6, 6.07) is 5.58. The molecule has 1 nitrogen and oxygen atoms in total. The molecule has 0 aliphatic heterocycles. The molecule has 0 radical (unpaired) electrons. The van der Waals surface area contributed by atoms with Gasteiger partial charge in [0.15, 0.2) is 0 Å². The first kappa shape index (κ1) is 12.2. The summed E-state index contributed by atoms with van der Waals surface area (Å²) in [5.74, 6) is 0. The molecule has 1 saturated carbocycles. The van der Waals surface area contributed by atoms with Crippen LogP contribution in [0.1, 0.15) is 31.2 Å². The van der Waals surface area contributed by atoms with Crippen molar-refractivity contribution in [1.82, 2.24) is 0 Å². The topological polar surface area (TPSA) is 20.2 Å². The number of aliphatic hydroxyl groups is 1. The van der Waals surface area contributed by atoms with E-state index in [1.807, 2.05) is 18.2 Å². The van der Waals surface area contributed by atoms with Crippen LogP contribution in [0.5, 0.6) is 0 Å². The minimum absolute atomic E-state index is 0.00856. The summed E-state index contributed by atoms with van der Waals surface area (Å²) in [4.78, 5) is 0. The average Bonchev–Trinajstić information content (AvgIpc) is 2.73. The number of benzene rings is 1. The molecule has 1 aliphatic rings. The molecule has 1 N–H and O–H groups in total. The SMILES string of the molecule is OCC1(Cc2c(Cl)cccc2Cl)CCCC1. The fourth-order valence-electron chi connectivity index (χ4n) is 2.59. The largest absolute Gasteiger partial charge is 0.396 e. The first-order valence-corrected chi connectivity index (χ1v) is 6.46. The van der Waals surface area contributed by atoms with Gasteiger partial charge >= 0.3 is 0 Å². The lowest BCUT2D eigenvalue weighted by atomic mass is 9.81. The van der Waals surface area contributed by atoms with Crippen LogP contribution in [0.15, 0.2) is 18.2 Å². The third-order valence-corrected chi connectivity index (χ3v) is 4.32. The summed E-state index contributed by atoms with van der Waals surface area (Å²) in [6.45, 7) is 0.231. The Morgan fingerprint density at radius 2 is 1.69 bits per heavy atom. The molecule has 0 spiro atoms. The molecule has 0 bridgehead atoms. The molecule has 1 aromatic carbocycles. The van der Waals surface area contributed by atoms with Crippen molar-refractivity contribution >= 4 is 23.2 Å². The quantitative estimate of drug-likeness (QED) is 0.866. The van der Waals surface area contributed by atoms with Crippen molar-refractivity contribution in [3.8, 4) is 0 Å². The second-order valence-electron chi connectivity index (χ2n) is 4.74. The van der Waals surface area contributed by atoms with E-state index in [1.165, 1.54) is 12.8 Å². The molecular formula is C13H16Cl2O. The van der Waals surface area contributed by atoms with Gasteiger partial charge in [-0.25, -0.2) is 0 Å². The van der Waals surface area contributed by atoms with Gasteiger partial charge in [-0.2, -0.15) is 0 Å². The first-order valence-electron chi connectivity index (χ1n) is 5.71. The Morgan fingerprint density at radius 1 is 1.12 bits per heavy atom. The van der Waals surface area contributed by atoms with E-state index in [4.69, 9.17) is 23.2 Å². The molecule has 88 valence electrons. The molecule has 0 unspecified atom stereocenters. The van der Waals surface area contributed by atoms with Gasteiger partial charge < -0.3 is 5.11 Å². The summed E-state index contributed by atoms with van der Waals surface area (Å²) in [7, 11) is 0. The van der Waals surface area contributed by atoms with Gasteiger partial charge in [-0.1, -0.05) is 42.1 Å². The molecule has 0 heterocycles. The van der Waals surface area contributed by atoms with Crippen molar-refractivity contribution in [2.45, 2.75) is 32.1 Å². The molecule has 1 aromatic rings. The molecule has 0 saturated heterocycles. The Hall–Kier alpha value is -0.240. The highest BCUT2D eigenvalue weighted by Gasteiger charge is 2.34. The third kappa shape index (κ3) is 2.37. The first-order chi connectivity index (χ1) is 7.67. The van der Waals surface area contributed by atoms with Crippen LogP contribution in [0.4, 0.5) is 0 Å². The van der Waals surface area contributed by atoms with Crippen LogP contribution in [-0.2, 0) is 6.42 Å². The van der Waals surface area contributed by atoms with Gasteiger partial charge in [-0.05, 0) is 42.4 Å². The molecule has 0 atom stereocenters. The smallest absolute Gasteiger partial charge is 0.0490 e. The van der Waals surface area contributed by atoms with E-state index in [2.05, 4.69) is 0 Å². The fraction of sp³-hybridized carbons (Fsp3) is 0.538. The van der Waals surface area contributed by atoms with Crippen molar-refractivity contribution in [3.63, 3.8) is 0 Å². The van der Waals surface area contributed by atoms with Gasteiger partial charge in [0.1, 0.15) is 0 Å². The summed E-state index contributed by atoms with van der Waals surface area (Å²) in [6.07, 6.45) is 5.34. The lowest BCUT2D eigenvalue weighted by molar-refractivity contribution is 0.130. The predicted octanol–water partition coefficient (Wildman–Crippen LogP) is 4.09. The average molecular weight is 259 g/mol. The third-order valence-electron chi connectivity index (χ3n) is 3.61. The molecule has 1 fully saturated rings. The number of rotatable bonds is 3. The summed E-state index contributed by atoms with van der Waals surface area (Å²) in [5, 5.41) is 11.0. The van der Waals surface area contributed by atoms with Crippen molar-refractivity contribution in [2.75, 3.05) is 6.61 Å². The standard InChI is InChI=1S/C13H16Cl2O/c14-11-4-3-5-12(15)10(11)8-13(9-16)6-1-2-7-13/h3-5,16H,1-2,6-9H2. The summed E-state index contributed by atoms with van der Waals surface area (Å²) in [5.41, 5.74) is 0.996. The van der Waals surface area contributed by atoms with Gasteiger partial charge in [0.25, 0.3) is 0 Å². The second-order valence-corrected chi connectivity index (χ2v) is 5.56. The van der Waals surface area contributed by atoms with Crippen LogP contribution in [0.2, 0.25) is 10.0 Å². The maximum Gasteiger partial charge on any atom is 0.0490 e. The lowest BCUT2D eigenvalue weighted by Crippen LogP contribution is -2.24. The molecular weight excluding hydrogens is 243 g/mol. The fourth-order valence-corrected chi connectivity index (χ4v) is 3.12. The number of aliphatic hydroxyl groups excluding tert-OH is 1. The highest BCUT2D eigenvalue weighted by Crippen LogP contribution is 2.42. The second kappa shape index (κ2) is 4.95. The lowest BCUT2D eigenvalue weighted by Gasteiger charge is -2.27. The van der Waals surface area contributed by atoms with Crippen LogP contribution in [0, 0.1) is 5.41 Å². The summed E-state index contributed by atoms with van der Waals surface area (Å²) < 4.78 is 0. The maximum atomic E-state index is 9.57. The van der Waals surface area contributed by atoms with Gasteiger partial charge in [-0.15, -0.1) is 0 Å². The van der Waals surface area contributed by atoms with Crippen molar-refractivity contribution < 1.29 is 5.11 Å². The van der Waals surface area contributed by atoms with Crippen LogP contribution in [0.25, 0.3) is 0 Å². The normalized spacial score (nSPS) is 18.9. The van der Waals surface area contributed by atoms with Crippen LogP contribution >= 0.6 is 23.2 Å². The van der Waals surface area contributed by atoms with E-state index in [0.717, 1.165) is 24.8 Å². The van der Waals surface area contributed by atoms with E-state index in [1.54, 1.807) is 0 Å². The van der Waals surface area contributed by atoms with Crippen LogP contribution in [-0.4, -0.2) is 11.7 Å². The molecule has 1 aliphatic carbocycles. The Labute approximate surface area is 106 Å². The zero-order valence-electron chi connectivity index (χ0n) is 9.18. The van der Waals surface area contributed by atoms with Crippen LogP contribution in [0.3, 0.4) is 0 Å². The zero-order valence-corrected chi connectivity index (χ0v) is 10.7. The highest BCUT2D eigenvalue weighted by atomic mass is 35.5. The number of hydrogen-bond acceptors (Lipinski definition) is 1. The Kier molecular flexibility index (Phi) is 3.78. The minimum Gasteiger partial charge on any atom is -0.396 e. The molecule has 16 heavy (non-hydrogen) atoms. The van der Waals surface area contributed by atoms with Crippen molar-refractivity contribution in [2.24, 2.45) is 5.41 Å². The summed E-state index contributed by atoms with van der Waals surface area (Å²) >= 11 is 12.3. The van der Waals surface area contributed by atoms with Gasteiger partial charge in [0, 0.05) is 16.7 Å². The molecule has 0 amide bonds.